The van der Waals surface area contributed by atoms with Gasteiger partial charge in [-0.15, -0.1) is 0 Å². The molecule has 118 valence electrons. The van der Waals surface area contributed by atoms with Crippen molar-refractivity contribution in [2.24, 2.45) is 5.92 Å². The second kappa shape index (κ2) is 5.17. The third-order valence-electron chi connectivity index (χ3n) is 4.99. The Bertz CT molecular complexity index is 670. The molecular formula is C19H24BrNS. The Morgan fingerprint density at radius 3 is 2.73 bits per heavy atom. The molecule has 3 unspecified atom stereocenters. The topological polar surface area (TPSA) is 3.24 Å². The van der Waals surface area contributed by atoms with E-state index in [1.54, 1.807) is 11.3 Å². The van der Waals surface area contributed by atoms with E-state index < -0.39 is 10.0 Å². The highest BCUT2D eigenvalue weighted by Crippen LogP contribution is 2.53. The summed E-state index contributed by atoms with van der Waals surface area (Å²) in [5.74, 6) is 1.88. The van der Waals surface area contributed by atoms with Crippen LogP contribution in [0.5, 0.6) is 0 Å². The number of allylic oxidation sites excluding steroid dienone is 2. The molecule has 1 aromatic rings. The largest absolute Gasteiger partial charge is 0.359 e. The van der Waals surface area contributed by atoms with Crippen LogP contribution in [0, 0.1) is 5.92 Å². The van der Waals surface area contributed by atoms with Gasteiger partial charge in [0.25, 0.3) is 0 Å². The first-order valence-corrected chi connectivity index (χ1v) is 11.9. The first-order valence-electron chi connectivity index (χ1n) is 8.00. The van der Waals surface area contributed by atoms with E-state index >= 15 is 0 Å². The van der Waals surface area contributed by atoms with Crippen molar-refractivity contribution in [1.82, 2.24) is 4.90 Å². The lowest BCUT2D eigenvalue weighted by Crippen LogP contribution is -2.38. The maximum Gasteiger partial charge on any atom is 0.0548 e. The van der Waals surface area contributed by atoms with Crippen LogP contribution in [0.4, 0.5) is 0 Å². The van der Waals surface area contributed by atoms with Gasteiger partial charge in [0.15, 0.2) is 0 Å². The number of benzene rings is 1. The summed E-state index contributed by atoms with van der Waals surface area (Å²) in [4.78, 5) is 3.27. The van der Waals surface area contributed by atoms with Crippen molar-refractivity contribution >= 4 is 31.5 Å². The highest BCUT2D eigenvalue weighted by atomic mass is 79.9. The molecule has 0 bridgehead atoms. The lowest BCUT2D eigenvalue weighted by atomic mass is 9.83. The van der Waals surface area contributed by atoms with E-state index in [0.717, 1.165) is 6.42 Å². The SMILES string of the molecule is CS(C)(C)CN1C2=C(c3ccccc3C2)C2CC(Br)C=CC21. The average Bonchev–Trinajstić information content (AvgIpc) is 2.94. The number of alkyl halides is 1. The summed E-state index contributed by atoms with van der Waals surface area (Å²) >= 11 is 3.82. The van der Waals surface area contributed by atoms with E-state index in [-0.39, 0.29) is 0 Å². The van der Waals surface area contributed by atoms with Gasteiger partial charge < -0.3 is 4.90 Å². The van der Waals surface area contributed by atoms with E-state index in [4.69, 9.17) is 0 Å². The van der Waals surface area contributed by atoms with Crippen molar-refractivity contribution < 1.29 is 0 Å². The summed E-state index contributed by atoms with van der Waals surface area (Å²) in [5, 5.41) is 0. The maximum absolute atomic E-state index is 3.82. The summed E-state index contributed by atoms with van der Waals surface area (Å²) in [7, 11) is -0.551. The van der Waals surface area contributed by atoms with Crippen molar-refractivity contribution in [2.75, 3.05) is 24.6 Å². The van der Waals surface area contributed by atoms with E-state index in [1.807, 2.05) is 0 Å². The molecule has 22 heavy (non-hydrogen) atoms. The van der Waals surface area contributed by atoms with Crippen molar-refractivity contribution in [3.63, 3.8) is 0 Å². The Balaban J connectivity index is 1.79. The van der Waals surface area contributed by atoms with Gasteiger partial charge in [0.1, 0.15) is 0 Å². The van der Waals surface area contributed by atoms with Gasteiger partial charge in [-0.25, -0.2) is 10.0 Å². The van der Waals surface area contributed by atoms with Crippen LogP contribution in [-0.4, -0.2) is 40.4 Å². The summed E-state index contributed by atoms with van der Waals surface area (Å²) in [5.41, 5.74) is 6.32. The first-order chi connectivity index (χ1) is 10.4. The Morgan fingerprint density at radius 1 is 1.18 bits per heavy atom. The Hall–Kier alpha value is -0.670. The quantitative estimate of drug-likeness (QED) is 0.536. The normalized spacial score (nSPS) is 30.4. The number of nitrogens with zero attached hydrogens (tertiary/aromatic N) is 1. The smallest absolute Gasteiger partial charge is 0.0548 e. The number of hydrogen-bond donors (Lipinski definition) is 0. The van der Waals surface area contributed by atoms with Gasteiger partial charge >= 0.3 is 0 Å². The number of hydrogen-bond acceptors (Lipinski definition) is 1. The van der Waals surface area contributed by atoms with Crippen molar-refractivity contribution in [3.05, 3.63) is 53.2 Å². The minimum Gasteiger partial charge on any atom is -0.359 e. The van der Waals surface area contributed by atoms with E-state index in [9.17, 15) is 0 Å². The van der Waals surface area contributed by atoms with Crippen LogP contribution in [0.15, 0.2) is 42.1 Å². The molecule has 1 nitrogen and oxygen atoms in total. The van der Waals surface area contributed by atoms with E-state index in [1.165, 1.54) is 23.4 Å². The molecule has 4 rings (SSSR count). The first kappa shape index (κ1) is 14.9. The molecule has 3 aliphatic rings. The Labute approximate surface area is 143 Å². The molecule has 1 aliphatic heterocycles. The monoisotopic (exact) mass is 377 g/mol. The lowest BCUT2D eigenvalue weighted by molar-refractivity contribution is 0.304. The summed E-state index contributed by atoms with van der Waals surface area (Å²) in [6, 6.07) is 9.62. The minimum absolute atomic E-state index is 0.525. The molecule has 0 aromatic heterocycles. The number of fused-ring (bicyclic) bond motifs is 4. The molecule has 3 heteroatoms. The van der Waals surface area contributed by atoms with Gasteiger partial charge in [0, 0.05) is 28.7 Å². The van der Waals surface area contributed by atoms with Crippen LogP contribution < -0.4 is 0 Å². The molecule has 0 saturated heterocycles. The summed E-state index contributed by atoms with van der Waals surface area (Å²) in [6.07, 6.45) is 14.5. The third kappa shape index (κ3) is 2.37. The zero-order valence-corrected chi connectivity index (χ0v) is 16.0. The highest BCUT2D eigenvalue weighted by Gasteiger charge is 2.45. The maximum atomic E-state index is 3.82. The van der Waals surface area contributed by atoms with E-state index in [0.29, 0.717) is 16.8 Å². The van der Waals surface area contributed by atoms with E-state index in [2.05, 4.69) is 76.0 Å². The van der Waals surface area contributed by atoms with Crippen molar-refractivity contribution in [1.29, 1.82) is 0 Å². The van der Waals surface area contributed by atoms with Crippen molar-refractivity contribution in [3.8, 4) is 0 Å². The molecule has 0 spiro atoms. The molecular weight excluding hydrogens is 354 g/mol. The van der Waals surface area contributed by atoms with Crippen LogP contribution in [0.25, 0.3) is 5.57 Å². The molecule has 3 atom stereocenters. The lowest BCUT2D eigenvalue weighted by Gasteiger charge is -2.40. The second-order valence-corrected chi connectivity index (χ2v) is 13.2. The number of halogens is 1. The van der Waals surface area contributed by atoms with Crippen LogP contribution >= 0.6 is 26.0 Å². The molecule has 0 radical (unpaired) electrons. The fourth-order valence-electron chi connectivity index (χ4n) is 4.24. The summed E-state index contributed by atoms with van der Waals surface area (Å²) in [6.45, 7) is 0. The molecule has 0 fully saturated rings. The van der Waals surface area contributed by atoms with Crippen molar-refractivity contribution in [2.45, 2.75) is 23.7 Å². The second-order valence-electron chi connectivity index (χ2n) is 7.62. The zero-order chi connectivity index (χ0) is 15.5. The van der Waals surface area contributed by atoms with Gasteiger partial charge in [0.2, 0.25) is 0 Å². The average molecular weight is 378 g/mol. The van der Waals surface area contributed by atoms with Gasteiger partial charge in [-0.3, -0.25) is 0 Å². The standard InChI is InChI=1S/C19H24BrNS/c1-22(2,3)12-21-17-9-8-14(20)11-16(17)19-15-7-5-4-6-13(15)10-18(19)21/h4-9,14,16-17H,10-12H2,1-3H3. The Kier molecular flexibility index (Phi) is 3.50. The van der Waals surface area contributed by atoms with Gasteiger partial charge in [-0.05, 0) is 41.9 Å². The van der Waals surface area contributed by atoms with Gasteiger partial charge in [-0.1, -0.05) is 52.3 Å². The molecule has 0 amide bonds. The van der Waals surface area contributed by atoms with Gasteiger partial charge in [0.05, 0.1) is 6.04 Å². The summed E-state index contributed by atoms with van der Waals surface area (Å²) < 4.78 is 0. The molecule has 0 saturated carbocycles. The van der Waals surface area contributed by atoms with Crippen LogP contribution in [0.1, 0.15) is 17.5 Å². The predicted octanol–water partition coefficient (Wildman–Crippen LogP) is 4.63. The highest BCUT2D eigenvalue weighted by molar-refractivity contribution is 9.09. The Morgan fingerprint density at radius 2 is 1.95 bits per heavy atom. The number of rotatable bonds is 2. The van der Waals surface area contributed by atoms with Crippen LogP contribution in [0.3, 0.4) is 0 Å². The van der Waals surface area contributed by atoms with Gasteiger partial charge in [-0.2, -0.15) is 0 Å². The predicted molar refractivity (Wildman–Crippen MR) is 103 cm³/mol. The molecule has 1 heterocycles. The fourth-order valence-corrected chi connectivity index (χ4v) is 5.98. The van der Waals surface area contributed by atoms with Crippen LogP contribution in [-0.2, 0) is 6.42 Å². The zero-order valence-electron chi connectivity index (χ0n) is 13.6. The minimum atomic E-state index is -0.551. The third-order valence-corrected chi connectivity index (χ3v) is 6.72. The molecule has 0 N–H and O–H groups in total. The molecule has 1 aromatic carbocycles. The molecule has 2 aliphatic carbocycles. The fraction of sp³-hybridized carbons (Fsp3) is 0.474. The van der Waals surface area contributed by atoms with Crippen LogP contribution in [0.2, 0.25) is 0 Å².